The summed E-state index contributed by atoms with van der Waals surface area (Å²) in [6.07, 6.45) is 8.33. The van der Waals surface area contributed by atoms with Gasteiger partial charge in [0.1, 0.15) is 0 Å². The molecule has 5 heteroatoms. The fraction of sp³-hybridized carbons (Fsp3) is 0.714. The molecule has 2 aliphatic heterocycles. The van der Waals surface area contributed by atoms with Gasteiger partial charge in [0.25, 0.3) is 0 Å². The van der Waals surface area contributed by atoms with E-state index >= 15 is 0 Å². The SMILES string of the molecule is CC(C)(C)NC(=O)[C@@H]1CCCN(C2CCN(Cc3ccncc3)CC2)C1. The van der Waals surface area contributed by atoms with Crippen molar-refractivity contribution in [3.05, 3.63) is 30.1 Å². The zero-order valence-electron chi connectivity index (χ0n) is 16.6. The molecule has 1 aromatic rings. The minimum absolute atomic E-state index is 0.141. The normalized spacial score (nSPS) is 23.7. The largest absolute Gasteiger partial charge is 0.351 e. The summed E-state index contributed by atoms with van der Waals surface area (Å²) < 4.78 is 0. The minimum atomic E-state index is -0.141. The highest BCUT2D eigenvalue weighted by Gasteiger charge is 2.32. The maximum atomic E-state index is 12.5. The molecular formula is C21H34N4O. The Morgan fingerprint density at radius 1 is 1.15 bits per heavy atom. The fourth-order valence-electron chi connectivity index (χ4n) is 4.21. The van der Waals surface area contributed by atoms with Crippen molar-refractivity contribution in [2.75, 3.05) is 26.2 Å². The standard InChI is InChI=1S/C21H34N4O/c1-21(2,3)23-20(26)18-5-4-12-25(16-18)19-8-13-24(14-9-19)15-17-6-10-22-11-7-17/h6-7,10-11,18-19H,4-5,8-9,12-16H2,1-3H3,(H,23,26)/t18-/m1/s1. The van der Waals surface area contributed by atoms with E-state index in [2.05, 4.69) is 53.0 Å². The van der Waals surface area contributed by atoms with E-state index in [9.17, 15) is 4.79 Å². The highest BCUT2D eigenvalue weighted by Crippen LogP contribution is 2.25. The summed E-state index contributed by atoms with van der Waals surface area (Å²) in [6, 6.07) is 4.85. The van der Waals surface area contributed by atoms with Crippen LogP contribution in [0.1, 0.15) is 52.0 Å². The minimum Gasteiger partial charge on any atom is -0.351 e. The molecule has 0 saturated carbocycles. The lowest BCUT2D eigenvalue weighted by Crippen LogP contribution is -2.52. The number of amides is 1. The number of carbonyl (C=O) groups excluding carboxylic acids is 1. The molecular weight excluding hydrogens is 324 g/mol. The molecule has 2 saturated heterocycles. The number of piperidine rings is 2. The molecule has 0 bridgehead atoms. The third-order valence-electron chi connectivity index (χ3n) is 5.55. The number of aromatic nitrogens is 1. The first-order valence-electron chi connectivity index (χ1n) is 10.1. The summed E-state index contributed by atoms with van der Waals surface area (Å²) in [5.41, 5.74) is 1.20. The lowest BCUT2D eigenvalue weighted by molar-refractivity contribution is -0.128. The predicted octanol–water partition coefficient (Wildman–Crippen LogP) is 2.67. The van der Waals surface area contributed by atoms with E-state index in [1.54, 1.807) is 0 Å². The second-order valence-electron chi connectivity index (χ2n) is 8.94. The Morgan fingerprint density at radius 2 is 1.85 bits per heavy atom. The molecule has 0 aliphatic carbocycles. The monoisotopic (exact) mass is 358 g/mol. The molecule has 3 heterocycles. The van der Waals surface area contributed by atoms with Crippen molar-refractivity contribution in [1.82, 2.24) is 20.1 Å². The van der Waals surface area contributed by atoms with Crippen LogP contribution in [0.15, 0.2) is 24.5 Å². The van der Waals surface area contributed by atoms with Crippen molar-refractivity contribution >= 4 is 5.91 Å². The van der Waals surface area contributed by atoms with Gasteiger partial charge >= 0.3 is 0 Å². The first kappa shape index (κ1) is 19.3. The van der Waals surface area contributed by atoms with Gasteiger partial charge in [-0.05, 0) is 83.8 Å². The van der Waals surface area contributed by atoms with Crippen LogP contribution in [0, 0.1) is 5.92 Å². The summed E-state index contributed by atoms with van der Waals surface area (Å²) in [5.74, 6) is 0.384. The van der Waals surface area contributed by atoms with E-state index in [1.807, 2.05) is 12.4 Å². The quantitative estimate of drug-likeness (QED) is 0.899. The topological polar surface area (TPSA) is 48.5 Å². The van der Waals surface area contributed by atoms with Gasteiger partial charge in [-0.2, -0.15) is 0 Å². The van der Waals surface area contributed by atoms with Gasteiger partial charge in [0.05, 0.1) is 5.92 Å². The van der Waals surface area contributed by atoms with Gasteiger partial charge < -0.3 is 5.32 Å². The van der Waals surface area contributed by atoms with Crippen molar-refractivity contribution in [3.63, 3.8) is 0 Å². The number of hydrogen-bond donors (Lipinski definition) is 1. The molecule has 0 spiro atoms. The van der Waals surface area contributed by atoms with Crippen LogP contribution >= 0.6 is 0 Å². The maximum Gasteiger partial charge on any atom is 0.224 e. The average molecular weight is 359 g/mol. The summed E-state index contributed by atoms with van der Waals surface area (Å²) in [7, 11) is 0. The van der Waals surface area contributed by atoms with Gasteiger partial charge in [0.2, 0.25) is 5.91 Å². The van der Waals surface area contributed by atoms with E-state index in [0.717, 1.165) is 45.6 Å². The number of carbonyl (C=O) groups is 1. The third kappa shape index (κ3) is 5.52. The Labute approximate surface area is 158 Å². The summed E-state index contributed by atoms with van der Waals surface area (Å²) in [4.78, 5) is 21.8. The summed E-state index contributed by atoms with van der Waals surface area (Å²) in [5, 5.41) is 3.17. The van der Waals surface area contributed by atoms with E-state index in [-0.39, 0.29) is 17.4 Å². The molecule has 1 N–H and O–H groups in total. The number of hydrogen-bond acceptors (Lipinski definition) is 4. The summed E-state index contributed by atoms with van der Waals surface area (Å²) >= 11 is 0. The van der Waals surface area contributed by atoms with Crippen molar-refractivity contribution in [1.29, 1.82) is 0 Å². The molecule has 3 rings (SSSR count). The molecule has 144 valence electrons. The van der Waals surface area contributed by atoms with Crippen LogP contribution in [0.2, 0.25) is 0 Å². The zero-order chi connectivity index (χ0) is 18.6. The molecule has 2 aliphatic rings. The van der Waals surface area contributed by atoms with Crippen molar-refractivity contribution in [2.45, 2.75) is 64.6 Å². The highest BCUT2D eigenvalue weighted by atomic mass is 16.2. The number of rotatable bonds is 4. The van der Waals surface area contributed by atoms with Crippen LogP contribution < -0.4 is 5.32 Å². The lowest BCUT2D eigenvalue weighted by Gasteiger charge is -2.42. The number of pyridine rings is 1. The molecule has 0 aromatic carbocycles. The van der Waals surface area contributed by atoms with E-state index in [4.69, 9.17) is 0 Å². The van der Waals surface area contributed by atoms with Crippen molar-refractivity contribution in [3.8, 4) is 0 Å². The van der Waals surface area contributed by atoms with Crippen LogP contribution in [-0.4, -0.2) is 58.5 Å². The van der Waals surface area contributed by atoms with Crippen LogP contribution in [0.5, 0.6) is 0 Å². The van der Waals surface area contributed by atoms with Gasteiger partial charge in [-0.25, -0.2) is 0 Å². The molecule has 1 amide bonds. The third-order valence-corrected chi connectivity index (χ3v) is 5.55. The maximum absolute atomic E-state index is 12.5. The number of likely N-dealkylation sites (tertiary alicyclic amines) is 2. The van der Waals surface area contributed by atoms with E-state index in [0.29, 0.717) is 6.04 Å². The molecule has 5 nitrogen and oxygen atoms in total. The Kier molecular flexibility index (Phi) is 6.30. The number of nitrogens with zero attached hydrogens (tertiary/aromatic N) is 3. The Morgan fingerprint density at radius 3 is 2.50 bits per heavy atom. The van der Waals surface area contributed by atoms with Gasteiger partial charge in [-0.15, -0.1) is 0 Å². The van der Waals surface area contributed by atoms with E-state index < -0.39 is 0 Å². The molecule has 26 heavy (non-hydrogen) atoms. The number of nitrogens with one attached hydrogen (secondary N) is 1. The fourth-order valence-corrected chi connectivity index (χ4v) is 4.21. The Balaban J connectivity index is 1.47. The molecule has 0 radical (unpaired) electrons. The molecule has 0 unspecified atom stereocenters. The highest BCUT2D eigenvalue weighted by molar-refractivity contribution is 5.79. The zero-order valence-corrected chi connectivity index (χ0v) is 16.6. The van der Waals surface area contributed by atoms with Crippen LogP contribution in [-0.2, 0) is 11.3 Å². The smallest absolute Gasteiger partial charge is 0.224 e. The van der Waals surface area contributed by atoms with Gasteiger partial charge in [-0.3, -0.25) is 19.6 Å². The Bertz CT molecular complexity index is 575. The van der Waals surface area contributed by atoms with E-state index in [1.165, 1.54) is 18.4 Å². The second-order valence-corrected chi connectivity index (χ2v) is 8.94. The van der Waals surface area contributed by atoms with Gasteiger partial charge in [0.15, 0.2) is 0 Å². The van der Waals surface area contributed by atoms with Crippen LogP contribution in [0.4, 0.5) is 0 Å². The predicted molar refractivity (Wildman–Crippen MR) is 105 cm³/mol. The van der Waals surface area contributed by atoms with Crippen LogP contribution in [0.25, 0.3) is 0 Å². The van der Waals surface area contributed by atoms with Crippen molar-refractivity contribution in [2.24, 2.45) is 5.92 Å². The van der Waals surface area contributed by atoms with Crippen molar-refractivity contribution < 1.29 is 4.79 Å². The molecule has 2 fully saturated rings. The van der Waals surface area contributed by atoms with Crippen LogP contribution in [0.3, 0.4) is 0 Å². The summed E-state index contributed by atoms with van der Waals surface area (Å²) in [6.45, 7) is 11.6. The second kappa shape index (κ2) is 8.49. The average Bonchev–Trinajstić information content (AvgIpc) is 2.62. The van der Waals surface area contributed by atoms with Gasteiger partial charge in [-0.1, -0.05) is 0 Å². The molecule has 1 aromatic heterocycles. The first-order chi connectivity index (χ1) is 12.4. The van der Waals surface area contributed by atoms with Gasteiger partial charge in [0, 0.05) is 37.1 Å². The lowest BCUT2D eigenvalue weighted by atomic mass is 9.92. The molecule has 1 atom stereocenters. The first-order valence-corrected chi connectivity index (χ1v) is 10.1. The Hall–Kier alpha value is -1.46.